The van der Waals surface area contributed by atoms with Gasteiger partial charge in [0.15, 0.2) is 6.04 Å². The first-order valence-corrected chi connectivity index (χ1v) is 5.62. The zero-order valence-corrected chi connectivity index (χ0v) is 10.1. The summed E-state index contributed by atoms with van der Waals surface area (Å²) in [5.41, 5.74) is 0.0939. The van der Waals surface area contributed by atoms with Crippen LogP contribution in [0.2, 0.25) is 8.67 Å². The van der Waals surface area contributed by atoms with Gasteiger partial charge in [0.05, 0.1) is 16.5 Å². The lowest BCUT2D eigenvalue weighted by Gasteiger charge is -2.10. The molecule has 1 amide bonds. The van der Waals surface area contributed by atoms with Crippen LogP contribution in [0.25, 0.3) is 0 Å². The minimum absolute atomic E-state index is 0.0939. The Morgan fingerprint density at radius 1 is 1.50 bits per heavy atom. The highest BCUT2D eigenvalue weighted by Crippen LogP contribution is 2.30. The van der Waals surface area contributed by atoms with Gasteiger partial charge in [-0.3, -0.25) is 4.79 Å². The van der Waals surface area contributed by atoms with Gasteiger partial charge in [-0.05, 0) is 6.07 Å². The molecule has 1 aromatic heterocycles. The molecule has 0 fully saturated rings. The molecule has 0 aromatic carbocycles. The van der Waals surface area contributed by atoms with E-state index < -0.39 is 24.5 Å². The normalized spacial score (nSPS) is 12.2. The van der Waals surface area contributed by atoms with Gasteiger partial charge < -0.3 is 15.5 Å². The number of hydrogen-bond acceptors (Lipinski definition) is 4. The van der Waals surface area contributed by atoms with Crippen molar-refractivity contribution in [1.29, 1.82) is 0 Å². The van der Waals surface area contributed by atoms with Gasteiger partial charge in [-0.15, -0.1) is 11.3 Å². The SMILES string of the molecule is O=C(NC(CO)C(=O)O)c1cc(Cl)sc1Cl. The Morgan fingerprint density at radius 3 is 2.50 bits per heavy atom. The van der Waals surface area contributed by atoms with Gasteiger partial charge in [-0.25, -0.2) is 4.79 Å². The summed E-state index contributed by atoms with van der Waals surface area (Å²) < 4.78 is 0.496. The Morgan fingerprint density at radius 2 is 2.12 bits per heavy atom. The highest BCUT2D eigenvalue weighted by molar-refractivity contribution is 7.20. The first kappa shape index (κ1) is 13.2. The van der Waals surface area contributed by atoms with E-state index in [9.17, 15) is 9.59 Å². The average Bonchev–Trinajstić information content (AvgIpc) is 2.53. The maximum Gasteiger partial charge on any atom is 0.328 e. The van der Waals surface area contributed by atoms with E-state index in [-0.39, 0.29) is 9.90 Å². The summed E-state index contributed by atoms with van der Waals surface area (Å²) in [6.45, 7) is -0.698. The van der Waals surface area contributed by atoms with E-state index in [0.717, 1.165) is 11.3 Å². The molecule has 1 atom stereocenters. The van der Waals surface area contributed by atoms with Gasteiger partial charge in [0.1, 0.15) is 4.34 Å². The van der Waals surface area contributed by atoms with E-state index in [1.165, 1.54) is 6.07 Å². The average molecular weight is 284 g/mol. The van der Waals surface area contributed by atoms with Gasteiger partial charge >= 0.3 is 5.97 Å². The molecule has 1 heterocycles. The second kappa shape index (κ2) is 5.49. The predicted molar refractivity (Wildman–Crippen MR) is 60.3 cm³/mol. The lowest BCUT2D eigenvalue weighted by molar-refractivity contribution is -0.140. The topological polar surface area (TPSA) is 86.6 Å². The number of rotatable bonds is 4. The quantitative estimate of drug-likeness (QED) is 0.776. The second-order valence-corrected chi connectivity index (χ2v) is 5.07. The Bertz CT molecular complexity index is 420. The number of thiophene rings is 1. The van der Waals surface area contributed by atoms with Crippen LogP contribution in [0, 0.1) is 0 Å². The number of nitrogens with one attached hydrogen (secondary N) is 1. The first-order valence-electron chi connectivity index (χ1n) is 4.05. The molecule has 0 aliphatic rings. The molecule has 0 spiro atoms. The number of carboxylic acid groups (broad SMARTS) is 1. The summed E-state index contributed by atoms with van der Waals surface area (Å²) in [6.07, 6.45) is 0. The fourth-order valence-electron chi connectivity index (χ4n) is 0.917. The Balaban J connectivity index is 2.79. The zero-order valence-electron chi connectivity index (χ0n) is 7.74. The zero-order chi connectivity index (χ0) is 12.3. The van der Waals surface area contributed by atoms with E-state index in [4.69, 9.17) is 33.4 Å². The monoisotopic (exact) mass is 283 g/mol. The third-order valence-electron chi connectivity index (χ3n) is 1.69. The van der Waals surface area contributed by atoms with E-state index in [1.807, 2.05) is 0 Å². The minimum Gasteiger partial charge on any atom is -0.480 e. The van der Waals surface area contributed by atoms with Crippen LogP contribution >= 0.6 is 34.5 Å². The molecule has 0 radical (unpaired) electrons. The standard InChI is InChI=1S/C8H7Cl2NO4S/c9-5-1-3(6(10)16-5)7(13)11-4(2-12)8(14)15/h1,4,12H,2H2,(H,11,13)(H,14,15). The maximum atomic E-state index is 11.5. The number of aliphatic carboxylic acids is 1. The maximum absolute atomic E-state index is 11.5. The van der Waals surface area contributed by atoms with Crippen molar-refractivity contribution in [3.05, 3.63) is 20.3 Å². The molecule has 3 N–H and O–H groups in total. The highest BCUT2D eigenvalue weighted by Gasteiger charge is 2.22. The summed E-state index contributed by atoms with van der Waals surface area (Å²) in [5.74, 6) is -2.01. The van der Waals surface area contributed by atoms with E-state index in [1.54, 1.807) is 0 Å². The third kappa shape index (κ3) is 3.08. The molecule has 16 heavy (non-hydrogen) atoms. The molecule has 1 unspecified atom stereocenters. The smallest absolute Gasteiger partial charge is 0.328 e. The molecule has 8 heteroatoms. The number of amides is 1. The van der Waals surface area contributed by atoms with Crippen molar-refractivity contribution >= 4 is 46.4 Å². The van der Waals surface area contributed by atoms with Crippen molar-refractivity contribution in [2.75, 3.05) is 6.61 Å². The van der Waals surface area contributed by atoms with Crippen molar-refractivity contribution in [3.8, 4) is 0 Å². The first-order chi connectivity index (χ1) is 7.45. The Hall–Kier alpha value is -0.820. The van der Waals surface area contributed by atoms with Gasteiger partial charge in [-0.2, -0.15) is 0 Å². The van der Waals surface area contributed by atoms with Crippen LogP contribution < -0.4 is 5.32 Å². The number of aliphatic hydroxyl groups is 1. The lowest BCUT2D eigenvalue weighted by atomic mass is 10.2. The van der Waals surface area contributed by atoms with E-state index in [0.29, 0.717) is 4.34 Å². The van der Waals surface area contributed by atoms with Crippen LogP contribution in [0.3, 0.4) is 0 Å². The largest absolute Gasteiger partial charge is 0.480 e. The summed E-state index contributed by atoms with van der Waals surface area (Å²) in [4.78, 5) is 22.1. The van der Waals surface area contributed by atoms with Crippen molar-refractivity contribution in [1.82, 2.24) is 5.32 Å². The van der Waals surface area contributed by atoms with Gasteiger partial charge in [0.25, 0.3) is 5.91 Å². The Kier molecular flexibility index (Phi) is 4.55. The van der Waals surface area contributed by atoms with Crippen LogP contribution in [0.1, 0.15) is 10.4 Å². The van der Waals surface area contributed by atoms with Gasteiger partial charge in [-0.1, -0.05) is 23.2 Å². The van der Waals surface area contributed by atoms with Crippen LogP contribution in [-0.4, -0.2) is 34.7 Å². The molecule has 1 aromatic rings. The van der Waals surface area contributed by atoms with Crippen LogP contribution in [-0.2, 0) is 4.79 Å². The van der Waals surface area contributed by atoms with Crippen molar-refractivity contribution in [2.24, 2.45) is 0 Å². The molecule has 88 valence electrons. The number of aliphatic hydroxyl groups excluding tert-OH is 1. The third-order valence-corrected chi connectivity index (χ3v) is 3.17. The highest BCUT2D eigenvalue weighted by atomic mass is 35.5. The summed E-state index contributed by atoms with van der Waals surface area (Å²) >= 11 is 12.3. The number of hydrogen-bond donors (Lipinski definition) is 3. The van der Waals surface area contributed by atoms with Crippen molar-refractivity contribution < 1.29 is 19.8 Å². The van der Waals surface area contributed by atoms with E-state index in [2.05, 4.69) is 5.32 Å². The Labute approximate surface area is 105 Å². The number of halogens is 2. The lowest BCUT2D eigenvalue weighted by Crippen LogP contribution is -2.43. The summed E-state index contributed by atoms with van der Waals surface area (Å²) in [7, 11) is 0. The number of carboxylic acids is 1. The summed E-state index contributed by atoms with van der Waals surface area (Å²) in [6, 6.07) is -0.0255. The van der Waals surface area contributed by atoms with Crippen molar-refractivity contribution in [3.63, 3.8) is 0 Å². The summed E-state index contributed by atoms with van der Waals surface area (Å²) in [5, 5.41) is 19.4. The molecule has 0 saturated carbocycles. The number of carbonyl (C=O) groups excluding carboxylic acids is 1. The molecular formula is C8H7Cl2NO4S. The molecule has 0 aliphatic carbocycles. The van der Waals surface area contributed by atoms with Crippen LogP contribution in [0.15, 0.2) is 6.07 Å². The predicted octanol–water partition coefficient (Wildman–Crippen LogP) is 1.23. The molecule has 5 nitrogen and oxygen atoms in total. The fourth-order valence-corrected chi connectivity index (χ4v) is 2.37. The van der Waals surface area contributed by atoms with Crippen LogP contribution in [0.5, 0.6) is 0 Å². The fraction of sp³-hybridized carbons (Fsp3) is 0.250. The van der Waals surface area contributed by atoms with Crippen LogP contribution in [0.4, 0.5) is 0 Å². The molecule has 0 saturated heterocycles. The number of carbonyl (C=O) groups is 2. The van der Waals surface area contributed by atoms with Gasteiger partial charge in [0, 0.05) is 0 Å². The molecule has 1 rings (SSSR count). The van der Waals surface area contributed by atoms with E-state index >= 15 is 0 Å². The molecular weight excluding hydrogens is 277 g/mol. The molecule has 0 aliphatic heterocycles. The molecule has 0 bridgehead atoms. The second-order valence-electron chi connectivity index (χ2n) is 2.78. The van der Waals surface area contributed by atoms with Gasteiger partial charge in [0.2, 0.25) is 0 Å². The minimum atomic E-state index is -1.36. The van der Waals surface area contributed by atoms with Crippen molar-refractivity contribution in [2.45, 2.75) is 6.04 Å².